The number of pyridine rings is 2. The first-order valence-corrected chi connectivity index (χ1v) is 8.35. The van der Waals surface area contributed by atoms with Crippen molar-refractivity contribution in [2.24, 2.45) is 0 Å². The van der Waals surface area contributed by atoms with Crippen LogP contribution in [0.25, 0.3) is 5.65 Å². The highest BCUT2D eigenvalue weighted by molar-refractivity contribution is 5.95. The minimum Gasteiger partial charge on any atom is -0.486 e. The molecule has 9 heteroatoms. The molecule has 0 radical (unpaired) electrons. The van der Waals surface area contributed by atoms with E-state index < -0.39 is 0 Å². The minimum absolute atomic E-state index is 0.185. The summed E-state index contributed by atoms with van der Waals surface area (Å²) in [6, 6.07) is 6.82. The third kappa shape index (κ3) is 3.47. The van der Waals surface area contributed by atoms with Crippen LogP contribution < -0.4 is 10.1 Å². The Kier molecular flexibility index (Phi) is 4.44. The summed E-state index contributed by atoms with van der Waals surface area (Å²) >= 11 is 0. The smallest absolute Gasteiger partial charge is 0.251 e. The summed E-state index contributed by atoms with van der Waals surface area (Å²) in [6.07, 6.45) is 3.84. The average Bonchev–Trinajstić information content (AvgIpc) is 3.13. The highest BCUT2D eigenvalue weighted by atomic mass is 16.5. The SMILES string of the molecule is Cc1ccc(O[C@H]2CCOC[C@H]2NC(=O)c2ccn3nnnc3c2)cn1. The molecular formula is C17H18N6O3. The molecule has 0 unspecified atom stereocenters. The Balaban J connectivity index is 1.47. The molecule has 3 aromatic rings. The van der Waals surface area contributed by atoms with E-state index in [0.717, 1.165) is 5.69 Å². The monoisotopic (exact) mass is 354 g/mol. The van der Waals surface area contributed by atoms with Gasteiger partial charge in [0.15, 0.2) is 5.65 Å². The van der Waals surface area contributed by atoms with E-state index in [9.17, 15) is 4.79 Å². The Hall–Kier alpha value is -3.07. The summed E-state index contributed by atoms with van der Waals surface area (Å²) in [5, 5.41) is 14.2. The van der Waals surface area contributed by atoms with E-state index in [1.165, 1.54) is 4.52 Å². The van der Waals surface area contributed by atoms with Crippen molar-refractivity contribution in [3.63, 3.8) is 0 Å². The number of carbonyl (C=O) groups is 1. The van der Waals surface area contributed by atoms with E-state index >= 15 is 0 Å². The molecule has 0 spiro atoms. The van der Waals surface area contributed by atoms with Crippen LogP contribution in [0.2, 0.25) is 0 Å². The molecule has 4 heterocycles. The summed E-state index contributed by atoms with van der Waals surface area (Å²) in [5.41, 5.74) is 1.91. The van der Waals surface area contributed by atoms with Gasteiger partial charge in [0.1, 0.15) is 11.9 Å². The summed E-state index contributed by atoms with van der Waals surface area (Å²) in [5.74, 6) is 0.458. The Labute approximate surface area is 149 Å². The summed E-state index contributed by atoms with van der Waals surface area (Å²) < 4.78 is 13.0. The van der Waals surface area contributed by atoms with Crippen LogP contribution in [-0.2, 0) is 4.74 Å². The predicted molar refractivity (Wildman–Crippen MR) is 90.9 cm³/mol. The highest BCUT2D eigenvalue weighted by Crippen LogP contribution is 2.18. The van der Waals surface area contributed by atoms with Gasteiger partial charge in [-0.15, -0.1) is 5.10 Å². The van der Waals surface area contributed by atoms with Crippen molar-refractivity contribution >= 4 is 11.6 Å². The average molecular weight is 354 g/mol. The van der Waals surface area contributed by atoms with Gasteiger partial charge in [0, 0.05) is 23.9 Å². The molecule has 1 saturated heterocycles. The number of nitrogens with zero attached hydrogens (tertiary/aromatic N) is 5. The van der Waals surface area contributed by atoms with Crippen molar-refractivity contribution in [1.29, 1.82) is 0 Å². The third-order valence-corrected chi connectivity index (χ3v) is 4.24. The Morgan fingerprint density at radius 1 is 1.38 bits per heavy atom. The van der Waals surface area contributed by atoms with Gasteiger partial charge in [-0.3, -0.25) is 9.78 Å². The van der Waals surface area contributed by atoms with Gasteiger partial charge in [-0.1, -0.05) is 0 Å². The van der Waals surface area contributed by atoms with E-state index in [0.29, 0.717) is 36.6 Å². The van der Waals surface area contributed by atoms with Gasteiger partial charge in [-0.2, -0.15) is 0 Å². The number of carbonyl (C=O) groups excluding carboxylic acids is 1. The van der Waals surface area contributed by atoms with Crippen LogP contribution in [0.4, 0.5) is 0 Å². The van der Waals surface area contributed by atoms with Crippen molar-refractivity contribution < 1.29 is 14.3 Å². The highest BCUT2D eigenvalue weighted by Gasteiger charge is 2.29. The molecule has 134 valence electrons. The number of hydrogen-bond acceptors (Lipinski definition) is 7. The molecule has 26 heavy (non-hydrogen) atoms. The number of nitrogens with one attached hydrogen (secondary N) is 1. The maximum absolute atomic E-state index is 12.6. The van der Waals surface area contributed by atoms with Gasteiger partial charge in [-0.25, -0.2) is 4.52 Å². The molecule has 0 bridgehead atoms. The largest absolute Gasteiger partial charge is 0.486 e. The first-order valence-electron chi connectivity index (χ1n) is 8.35. The summed E-state index contributed by atoms with van der Waals surface area (Å²) in [7, 11) is 0. The molecule has 4 rings (SSSR count). The van der Waals surface area contributed by atoms with E-state index in [1.807, 2.05) is 19.1 Å². The predicted octanol–water partition coefficient (Wildman–Crippen LogP) is 0.794. The van der Waals surface area contributed by atoms with E-state index in [4.69, 9.17) is 9.47 Å². The molecule has 1 aliphatic heterocycles. The van der Waals surface area contributed by atoms with E-state index in [-0.39, 0.29) is 18.1 Å². The molecule has 1 fully saturated rings. The normalized spacial score (nSPS) is 20.0. The maximum atomic E-state index is 12.6. The van der Waals surface area contributed by atoms with Crippen molar-refractivity contribution in [3.8, 4) is 5.75 Å². The molecule has 1 amide bonds. The summed E-state index contributed by atoms with van der Waals surface area (Å²) in [6.45, 7) is 2.90. The Bertz CT molecular complexity index is 910. The first kappa shape index (κ1) is 16.4. The third-order valence-electron chi connectivity index (χ3n) is 4.24. The van der Waals surface area contributed by atoms with Gasteiger partial charge < -0.3 is 14.8 Å². The van der Waals surface area contributed by atoms with Crippen LogP contribution in [0.3, 0.4) is 0 Å². The number of tetrazole rings is 1. The zero-order valence-electron chi connectivity index (χ0n) is 14.2. The van der Waals surface area contributed by atoms with Crippen LogP contribution in [0.1, 0.15) is 22.5 Å². The van der Waals surface area contributed by atoms with Crippen LogP contribution in [-0.4, -0.2) is 56.3 Å². The van der Waals surface area contributed by atoms with Gasteiger partial charge >= 0.3 is 0 Å². The second kappa shape index (κ2) is 7.04. The number of rotatable bonds is 4. The minimum atomic E-state index is -0.259. The van der Waals surface area contributed by atoms with Crippen molar-refractivity contribution in [2.45, 2.75) is 25.5 Å². The van der Waals surface area contributed by atoms with E-state index in [2.05, 4.69) is 25.8 Å². The lowest BCUT2D eigenvalue weighted by Crippen LogP contribution is -2.51. The lowest BCUT2D eigenvalue weighted by atomic mass is 10.1. The van der Waals surface area contributed by atoms with Gasteiger partial charge in [0.05, 0.1) is 25.5 Å². The van der Waals surface area contributed by atoms with Crippen molar-refractivity contribution in [3.05, 3.63) is 47.9 Å². The number of hydrogen-bond donors (Lipinski definition) is 1. The second-order valence-electron chi connectivity index (χ2n) is 6.13. The van der Waals surface area contributed by atoms with Gasteiger partial charge in [0.2, 0.25) is 0 Å². The standard InChI is InChI=1S/C17H18N6O3/c1-11-2-3-13(9-18-11)26-15-5-7-25-10-14(15)19-17(24)12-4-6-23-16(8-12)20-21-22-23/h2-4,6,8-9,14-15H,5,7,10H2,1H3,(H,19,24)/t14-,15+/m1/s1. The molecule has 1 N–H and O–H groups in total. The molecule has 1 aliphatic rings. The van der Waals surface area contributed by atoms with Crippen molar-refractivity contribution in [1.82, 2.24) is 30.3 Å². The zero-order valence-corrected chi connectivity index (χ0v) is 14.2. The number of ether oxygens (including phenoxy) is 2. The number of amides is 1. The fourth-order valence-corrected chi connectivity index (χ4v) is 2.83. The maximum Gasteiger partial charge on any atom is 0.251 e. The molecule has 3 aromatic heterocycles. The van der Waals surface area contributed by atoms with Crippen LogP contribution in [0.15, 0.2) is 36.7 Å². The summed E-state index contributed by atoms with van der Waals surface area (Å²) in [4.78, 5) is 16.8. The van der Waals surface area contributed by atoms with Gasteiger partial charge in [0.25, 0.3) is 5.91 Å². The number of aromatic nitrogens is 5. The van der Waals surface area contributed by atoms with Crippen LogP contribution in [0.5, 0.6) is 5.75 Å². The van der Waals surface area contributed by atoms with Gasteiger partial charge in [-0.05, 0) is 41.6 Å². The first-order chi connectivity index (χ1) is 12.7. The Morgan fingerprint density at radius 3 is 3.15 bits per heavy atom. The molecule has 0 aliphatic carbocycles. The van der Waals surface area contributed by atoms with E-state index in [1.54, 1.807) is 24.5 Å². The molecule has 0 aromatic carbocycles. The Morgan fingerprint density at radius 2 is 2.31 bits per heavy atom. The lowest BCUT2D eigenvalue weighted by Gasteiger charge is -2.32. The quantitative estimate of drug-likeness (QED) is 0.739. The molecular weight excluding hydrogens is 336 g/mol. The number of fused-ring (bicyclic) bond motifs is 1. The molecule has 9 nitrogen and oxygen atoms in total. The van der Waals surface area contributed by atoms with Crippen LogP contribution >= 0.6 is 0 Å². The lowest BCUT2D eigenvalue weighted by molar-refractivity contribution is -0.00301. The van der Waals surface area contributed by atoms with Crippen LogP contribution in [0, 0.1) is 6.92 Å². The topological polar surface area (TPSA) is 104 Å². The zero-order chi connectivity index (χ0) is 17.9. The van der Waals surface area contributed by atoms with Crippen molar-refractivity contribution in [2.75, 3.05) is 13.2 Å². The molecule has 2 atom stereocenters. The molecule has 0 saturated carbocycles. The number of aryl methyl sites for hydroxylation is 1. The fourth-order valence-electron chi connectivity index (χ4n) is 2.83. The fraction of sp³-hybridized carbons (Fsp3) is 0.353. The second-order valence-corrected chi connectivity index (χ2v) is 6.13.